The number of carbonyl (C=O) groups is 1. The first kappa shape index (κ1) is 17.5. The molecule has 0 saturated carbocycles. The summed E-state index contributed by atoms with van der Waals surface area (Å²) >= 11 is 12.1. The van der Waals surface area contributed by atoms with Crippen LogP contribution in [0.1, 0.15) is 17.0 Å². The van der Waals surface area contributed by atoms with Crippen molar-refractivity contribution in [3.8, 4) is 11.5 Å². The van der Waals surface area contributed by atoms with E-state index in [0.717, 1.165) is 11.1 Å². The summed E-state index contributed by atoms with van der Waals surface area (Å²) in [7, 11) is 0. The number of halogens is 2. The summed E-state index contributed by atoms with van der Waals surface area (Å²) < 4.78 is 10.7. The first-order valence-corrected chi connectivity index (χ1v) is 8.26. The van der Waals surface area contributed by atoms with Gasteiger partial charge in [-0.1, -0.05) is 47.0 Å². The molecule has 128 valence electrons. The average molecular weight is 377 g/mol. The number of rotatable bonds is 5. The molecular formula is C18H14Cl2N2O3. The van der Waals surface area contributed by atoms with Gasteiger partial charge in [0.2, 0.25) is 5.89 Å². The summed E-state index contributed by atoms with van der Waals surface area (Å²) in [6, 6.07) is 12.7. The second kappa shape index (κ2) is 7.68. The first-order valence-electron chi connectivity index (χ1n) is 7.51. The SMILES string of the molecule is Cc1cccc(-c2nnc(COC(=O)Cc3c(Cl)cccc3Cl)o2)c1. The molecule has 0 spiro atoms. The van der Waals surface area contributed by atoms with E-state index in [4.69, 9.17) is 32.4 Å². The molecule has 3 rings (SSSR count). The number of hydrogen-bond acceptors (Lipinski definition) is 5. The quantitative estimate of drug-likeness (QED) is 0.606. The van der Waals surface area contributed by atoms with E-state index in [2.05, 4.69) is 10.2 Å². The Labute approximate surface area is 154 Å². The molecule has 0 aliphatic carbocycles. The van der Waals surface area contributed by atoms with Gasteiger partial charge in [0, 0.05) is 21.2 Å². The molecule has 0 bridgehead atoms. The molecule has 0 saturated heterocycles. The van der Waals surface area contributed by atoms with E-state index < -0.39 is 5.97 Å². The van der Waals surface area contributed by atoms with Gasteiger partial charge in [0.05, 0.1) is 6.42 Å². The zero-order valence-electron chi connectivity index (χ0n) is 13.3. The Morgan fingerprint density at radius 1 is 1.12 bits per heavy atom. The highest BCUT2D eigenvalue weighted by Gasteiger charge is 2.14. The summed E-state index contributed by atoms with van der Waals surface area (Å²) in [6.07, 6.45) is -0.0304. The van der Waals surface area contributed by atoms with Gasteiger partial charge in [-0.15, -0.1) is 10.2 Å². The van der Waals surface area contributed by atoms with Crippen LogP contribution in [-0.4, -0.2) is 16.2 Å². The van der Waals surface area contributed by atoms with Gasteiger partial charge in [0.1, 0.15) is 0 Å². The van der Waals surface area contributed by atoms with Gasteiger partial charge in [0.15, 0.2) is 6.61 Å². The topological polar surface area (TPSA) is 65.2 Å². The minimum absolute atomic E-state index is 0.0304. The monoisotopic (exact) mass is 376 g/mol. The zero-order valence-corrected chi connectivity index (χ0v) is 14.8. The molecule has 0 radical (unpaired) electrons. The number of esters is 1. The van der Waals surface area contributed by atoms with Crippen molar-refractivity contribution in [2.24, 2.45) is 0 Å². The predicted octanol–water partition coefficient (Wildman–Crippen LogP) is 4.64. The second-order valence-corrected chi connectivity index (χ2v) is 6.22. The van der Waals surface area contributed by atoms with Crippen molar-refractivity contribution in [2.45, 2.75) is 20.0 Å². The van der Waals surface area contributed by atoms with Crippen LogP contribution in [0.25, 0.3) is 11.5 Å². The van der Waals surface area contributed by atoms with E-state index in [1.807, 2.05) is 31.2 Å². The van der Waals surface area contributed by atoms with Crippen LogP contribution in [0.3, 0.4) is 0 Å². The summed E-state index contributed by atoms with van der Waals surface area (Å²) in [6.45, 7) is 1.86. The Kier molecular flexibility index (Phi) is 5.36. The normalized spacial score (nSPS) is 10.7. The lowest BCUT2D eigenvalue weighted by molar-refractivity contribution is -0.144. The highest BCUT2D eigenvalue weighted by Crippen LogP contribution is 2.25. The molecule has 25 heavy (non-hydrogen) atoms. The van der Waals surface area contributed by atoms with Crippen molar-refractivity contribution in [1.82, 2.24) is 10.2 Å². The van der Waals surface area contributed by atoms with Crippen molar-refractivity contribution < 1.29 is 13.9 Å². The van der Waals surface area contributed by atoms with Crippen LogP contribution in [0.15, 0.2) is 46.9 Å². The van der Waals surface area contributed by atoms with Gasteiger partial charge in [-0.05, 0) is 31.2 Å². The van der Waals surface area contributed by atoms with Gasteiger partial charge in [-0.25, -0.2) is 0 Å². The first-order chi connectivity index (χ1) is 12.0. The summed E-state index contributed by atoms with van der Waals surface area (Å²) in [5.74, 6) is 0.115. The highest BCUT2D eigenvalue weighted by molar-refractivity contribution is 6.36. The van der Waals surface area contributed by atoms with Gasteiger partial charge in [0.25, 0.3) is 5.89 Å². The fraction of sp³-hybridized carbons (Fsp3) is 0.167. The van der Waals surface area contributed by atoms with Crippen molar-refractivity contribution in [3.05, 3.63) is 69.5 Å². The molecule has 5 nitrogen and oxygen atoms in total. The molecule has 0 unspecified atom stereocenters. The van der Waals surface area contributed by atoms with Gasteiger partial charge >= 0.3 is 5.97 Å². The highest BCUT2D eigenvalue weighted by atomic mass is 35.5. The van der Waals surface area contributed by atoms with Gasteiger partial charge < -0.3 is 9.15 Å². The number of hydrogen-bond donors (Lipinski definition) is 0. The number of carbonyl (C=O) groups excluding carboxylic acids is 1. The Morgan fingerprint density at radius 2 is 1.84 bits per heavy atom. The predicted molar refractivity (Wildman–Crippen MR) is 94.4 cm³/mol. The maximum atomic E-state index is 12.0. The number of nitrogens with zero attached hydrogens (tertiary/aromatic N) is 2. The van der Waals surface area contributed by atoms with Crippen LogP contribution in [0, 0.1) is 6.92 Å². The molecule has 7 heteroatoms. The van der Waals surface area contributed by atoms with Crippen LogP contribution in [0.2, 0.25) is 10.0 Å². The molecular weight excluding hydrogens is 363 g/mol. The molecule has 1 heterocycles. The fourth-order valence-electron chi connectivity index (χ4n) is 2.25. The number of ether oxygens (including phenoxy) is 1. The van der Waals surface area contributed by atoms with Crippen LogP contribution in [-0.2, 0) is 22.6 Å². The lowest BCUT2D eigenvalue weighted by Crippen LogP contribution is -2.09. The van der Waals surface area contributed by atoms with Gasteiger partial charge in [-0.2, -0.15) is 0 Å². The smallest absolute Gasteiger partial charge is 0.310 e. The lowest BCUT2D eigenvalue weighted by Gasteiger charge is -2.06. The molecule has 0 aliphatic heterocycles. The molecule has 0 aliphatic rings. The molecule has 3 aromatic rings. The average Bonchev–Trinajstić information content (AvgIpc) is 3.06. The van der Waals surface area contributed by atoms with Crippen molar-refractivity contribution in [1.29, 1.82) is 0 Å². The van der Waals surface area contributed by atoms with E-state index in [1.54, 1.807) is 18.2 Å². The molecule has 0 amide bonds. The van der Waals surface area contributed by atoms with Gasteiger partial charge in [-0.3, -0.25) is 4.79 Å². The van der Waals surface area contributed by atoms with E-state index in [-0.39, 0.29) is 18.9 Å². The fourth-order valence-corrected chi connectivity index (χ4v) is 2.78. The Hall–Kier alpha value is -2.37. The van der Waals surface area contributed by atoms with Crippen LogP contribution >= 0.6 is 23.2 Å². The standard InChI is InChI=1S/C18H14Cl2N2O3/c1-11-4-2-5-12(8-11)18-22-21-16(25-18)10-24-17(23)9-13-14(19)6-3-7-15(13)20/h2-8H,9-10H2,1H3. The Balaban J connectivity index is 1.61. The number of aryl methyl sites for hydroxylation is 1. The molecule has 0 N–H and O–H groups in total. The van der Waals surface area contributed by atoms with Crippen molar-refractivity contribution >= 4 is 29.2 Å². The number of aromatic nitrogens is 2. The third-order valence-corrected chi connectivity index (χ3v) is 4.18. The van der Waals surface area contributed by atoms with Crippen molar-refractivity contribution in [3.63, 3.8) is 0 Å². The minimum atomic E-state index is -0.481. The van der Waals surface area contributed by atoms with E-state index >= 15 is 0 Å². The largest absolute Gasteiger partial charge is 0.455 e. The maximum absolute atomic E-state index is 12.0. The summed E-state index contributed by atoms with van der Waals surface area (Å²) in [5.41, 5.74) is 2.43. The molecule has 1 aromatic heterocycles. The van der Waals surface area contributed by atoms with Crippen LogP contribution < -0.4 is 0 Å². The summed E-state index contributed by atoms with van der Waals surface area (Å²) in [4.78, 5) is 12.0. The number of benzene rings is 2. The molecule has 0 atom stereocenters. The summed E-state index contributed by atoms with van der Waals surface area (Å²) in [5, 5.41) is 8.70. The lowest BCUT2D eigenvalue weighted by atomic mass is 10.1. The Bertz CT molecular complexity index is 889. The van der Waals surface area contributed by atoms with E-state index in [0.29, 0.717) is 21.5 Å². The Morgan fingerprint density at radius 3 is 2.56 bits per heavy atom. The maximum Gasteiger partial charge on any atom is 0.310 e. The zero-order chi connectivity index (χ0) is 17.8. The van der Waals surface area contributed by atoms with Crippen LogP contribution in [0.5, 0.6) is 0 Å². The third-order valence-electron chi connectivity index (χ3n) is 3.47. The molecule has 0 fully saturated rings. The third kappa shape index (κ3) is 4.38. The van der Waals surface area contributed by atoms with Crippen molar-refractivity contribution in [2.75, 3.05) is 0 Å². The van der Waals surface area contributed by atoms with E-state index in [9.17, 15) is 4.79 Å². The van der Waals surface area contributed by atoms with E-state index in [1.165, 1.54) is 0 Å². The molecule has 2 aromatic carbocycles. The minimum Gasteiger partial charge on any atom is -0.455 e. The van der Waals surface area contributed by atoms with Crippen LogP contribution in [0.4, 0.5) is 0 Å². The second-order valence-electron chi connectivity index (χ2n) is 5.41.